The largest absolute Gasteiger partial charge is 0.379 e. The van der Waals surface area contributed by atoms with Crippen LogP contribution in [0.2, 0.25) is 0 Å². The summed E-state index contributed by atoms with van der Waals surface area (Å²) in [6.07, 6.45) is 0. The van der Waals surface area contributed by atoms with Gasteiger partial charge in [-0.2, -0.15) is 0 Å². The molecule has 0 aliphatic carbocycles. The Labute approximate surface area is 121 Å². The normalized spacial score (nSPS) is 23.6. The molecule has 0 aromatic heterocycles. The fourth-order valence-corrected chi connectivity index (χ4v) is 3.13. The lowest BCUT2D eigenvalue weighted by atomic mass is 10.0. The van der Waals surface area contributed by atoms with Gasteiger partial charge in [0.25, 0.3) is 0 Å². The highest BCUT2D eigenvalue weighted by molar-refractivity contribution is 5.19. The minimum Gasteiger partial charge on any atom is -0.379 e. The summed E-state index contributed by atoms with van der Waals surface area (Å²) in [5.41, 5.74) is 1.44. The molecule has 0 spiro atoms. The van der Waals surface area contributed by atoms with Crippen molar-refractivity contribution in [3.63, 3.8) is 0 Å². The molecule has 1 atom stereocenters. The first-order valence-electron chi connectivity index (χ1n) is 7.73. The van der Waals surface area contributed by atoms with Crippen molar-refractivity contribution in [1.82, 2.24) is 15.1 Å². The molecule has 110 valence electrons. The number of nitrogens with one attached hydrogen (secondary N) is 1. The number of benzene rings is 1. The van der Waals surface area contributed by atoms with Gasteiger partial charge in [-0.05, 0) is 5.56 Å². The number of rotatable bonds is 4. The van der Waals surface area contributed by atoms with Crippen LogP contribution in [0.1, 0.15) is 11.6 Å². The highest BCUT2D eigenvalue weighted by Crippen LogP contribution is 2.23. The van der Waals surface area contributed by atoms with Crippen LogP contribution < -0.4 is 5.32 Å². The van der Waals surface area contributed by atoms with Crippen LogP contribution in [0.5, 0.6) is 0 Å². The SMILES string of the molecule is c1ccc(C(CN2CCNCC2)N2CCOCC2)cc1. The maximum absolute atomic E-state index is 5.51. The van der Waals surface area contributed by atoms with Crippen molar-refractivity contribution in [3.8, 4) is 0 Å². The summed E-state index contributed by atoms with van der Waals surface area (Å²) in [7, 11) is 0. The second-order valence-corrected chi connectivity index (χ2v) is 5.63. The summed E-state index contributed by atoms with van der Waals surface area (Å²) < 4.78 is 5.51. The molecule has 2 fully saturated rings. The summed E-state index contributed by atoms with van der Waals surface area (Å²) >= 11 is 0. The Kier molecular flexibility index (Phi) is 5.03. The Bertz CT molecular complexity index is 386. The average Bonchev–Trinajstić information content (AvgIpc) is 2.55. The highest BCUT2D eigenvalue weighted by Gasteiger charge is 2.25. The second-order valence-electron chi connectivity index (χ2n) is 5.63. The zero-order valence-electron chi connectivity index (χ0n) is 12.1. The summed E-state index contributed by atoms with van der Waals surface area (Å²) in [6, 6.07) is 11.4. The van der Waals surface area contributed by atoms with Crippen LogP contribution >= 0.6 is 0 Å². The lowest BCUT2D eigenvalue weighted by molar-refractivity contribution is 0.00668. The summed E-state index contributed by atoms with van der Waals surface area (Å²) in [5.74, 6) is 0. The fraction of sp³-hybridized carbons (Fsp3) is 0.625. The molecular formula is C16H25N3O. The van der Waals surface area contributed by atoms with Crippen LogP contribution in [0.15, 0.2) is 30.3 Å². The third-order valence-electron chi connectivity index (χ3n) is 4.31. The number of ether oxygens (including phenoxy) is 1. The van der Waals surface area contributed by atoms with E-state index in [1.807, 2.05) is 0 Å². The zero-order valence-corrected chi connectivity index (χ0v) is 12.1. The van der Waals surface area contributed by atoms with Crippen molar-refractivity contribution in [2.75, 3.05) is 59.0 Å². The van der Waals surface area contributed by atoms with Crippen molar-refractivity contribution in [2.24, 2.45) is 0 Å². The van der Waals surface area contributed by atoms with Crippen LogP contribution in [0.25, 0.3) is 0 Å². The van der Waals surface area contributed by atoms with E-state index in [1.54, 1.807) is 0 Å². The van der Waals surface area contributed by atoms with Crippen LogP contribution in [-0.4, -0.2) is 68.8 Å². The van der Waals surface area contributed by atoms with Gasteiger partial charge >= 0.3 is 0 Å². The maximum atomic E-state index is 5.51. The van der Waals surface area contributed by atoms with Gasteiger partial charge in [-0.15, -0.1) is 0 Å². The van der Waals surface area contributed by atoms with E-state index in [0.717, 1.165) is 59.0 Å². The van der Waals surface area contributed by atoms with Gasteiger partial charge in [-0.1, -0.05) is 30.3 Å². The zero-order chi connectivity index (χ0) is 13.6. The molecule has 1 N–H and O–H groups in total. The molecule has 0 amide bonds. The summed E-state index contributed by atoms with van der Waals surface area (Å²) in [6.45, 7) is 9.51. The third-order valence-corrected chi connectivity index (χ3v) is 4.31. The molecule has 0 saturated carbocycles. The molecule has 2 aliphatic heterocycles. The first-order chi connectivity index (χ1) is 9.93. The van der Waals surface area contributed by atoms with E-state index in [0.29, 0.717) is 6.04 Å². The van der Waals surface area contributed by atoms with E-state index < -0.39 is 0 Å². The predicted molar refractivity (Wildman–Crippen MR) is 80.9 cm³/mol. The Balaban J connectivity index is 1.72. The minimum absolute atomic E-state index is 0.498. The van der Waals surface area contributed by atoms with Crippen LogP contribution in [-0.2, 0) is 4.74 Å². The fourth-order valence-electron chi connectivity index (χ4n) is 3.13. The summed E-state index contributed by atoms with van der Waals surface area (Å²) in [5, 5.41) is 3.43. The molecule has 2 saturated heterocycles. The molecule has 3 rings (SSSR count). The molecule has 0 bridgehead atoms. The van der Waals surface area contributed by atoms with E-state index in [-0.39, 0.29) is 0 Å². The van der Waals surface area contributed by atoms with Gasteiger partial charge in [-0.3, -0.25) is 9.80 Å². The molecule has 4 nitrogen and oxygen atoms in total. The highest BCUT2D eigenvalue weighted by atomic mass is 16.5. The minimum atomic E-state index is 0.498. The topological polar surface area (TPSA) is 27.7 Å². The number of hydrogen-bond donors (Lipinski definition) is 1. The molecule has 4 heteroatoms. The number of piperazine rings is 1. The van der Waals surface area contributed by atoms with Crippen molar-refractivity contribution < 1.29 is 4.74 Å². The standard InChI is InChI=1S/C16H25N3O/c1-2-4-15(5-3-1)16(19-10-12-20-13-11-19)14-18-8-6-17-7-9-18/h1-5,16-17H,6-14H2. The molecule has 1 unspecified atom stereocenters. The molecule has 1 aromatic rings. The van der Waals surface area contributed by atoms with Gasteiger partial charge in [0.1, 0.15) is 0 Å². The molecule has 0 radical (unpaired) electrons. The van der Waals surface area contributed by atoms with Crippen molar-refractivity contribution in [2.45, 2.75) is 6.04 Å². The van der Waals surface area contributed by atoms with E-state index in [4.69, 9.17) is 4.74 Å². The lowest BCUT2D eigenvalue weighted by Gasteiger charge is -2.39. The quantitative estimate of drug-likeness (QED) is 0.886. The van der Waals surface area contributed by atoms with Crippen molar-refractivity contribution in [1.29, 1.82) is 0 Å². The van der Waals surface area contributed by atoms with Gasteiger partial charge in [0.2, 0.25) is 0 Å². The Morgan fingerprint density at radius 1 is 1.00 bits per heavy atom. The van der Waals surface area contributed by atoms with Crippen LogP contribution in [0, 0.1) is 0 Å². The van der Waals surface area contributed by atoms with E-state index in [9.17, 15) is 0 Å². The number of hydrogen-bond acceptors (Lipinski definition) is 4. The van der Waals surface area contributed by atoms with Gasteiger partial charge in [-0.25, -0.2) is 0 Å². The van der Waals surface area contributed by atoms with Gasteiger partial charge in [0.05, 0.1) is 13.2 Å². The Hall–Kier alpha value is -0.940. The summed E-state index contributed by atoms with van der Waals surface area (Å²) in [4.78, 5) is 5.17. The van der Waals surface area contributed by atoms with Crippen molar-refractivity contribution in [3.05, 3.63) is 35.9 Å². The van der Waals surface area contributed by atoms with Crippen LogP contribution in [0.4, 0.5) is 0 Å². The second kappa shape index (κ2) is 7.18. The van der Waals surface area contributed by atoms with Crippen LogP contribution in [0.3, 0.4) is 0 Å². The van der Waals surface area contributed by atoms with Crippen molar-refractivity contribution >= 4 is 0 Å². The lowest BCUT2D eigenvalue weighted by Crippen LogP contribution is -2.49. The Morgan fingerprint density at radius 3 is 2.40 bits per heavy atom. The van der Waals surface area contributed by atoms with Gasteiger partial charge in [0, 0.05) is 51.9 Å². The Morgan fingerprint density at radius 2 is 1.70 bits per heavy atom. The predicted octanol–water partition coefficient (Wildman–Crippen LogP) is 0.965. The number of morpholine rings is 1. The molecule has 1 aromatic carbocycles. The molecule has 2 heterocycles. The van der Waals surface area contributed by atoms with E-state index >= 15 is 0 Å². The third kappa shape index (κ3) is 3.58. The van der Waals surface area contributed by atoms with E-state index in [1.165, 1.54) is 5.56 Å². The van der Waals surface area contributed by atoms with Gasteiger partial charge < -0.3 is 10.1 Å². The smallest absolute Gasteiger partial charge is 0.0594 e. The van der Waals surface area contributed by atoms with E-state index in [2.05, 4.69) is 45.4 Å². The maximum Gasteiger partial charge on any atom is 0.0594 e. The molecule has 20 heavy (non-hydrogen) atoms. The molecular weight excluding hydrogens is 250 g/mol. The number of nitrogens with zero attached hydrogens (tertiary/aromatic N) is 2. The van der Waals surface area contributed by atoms with Gasteiger partial charge in [0.15, 0.2) is 0 Å². The first kappa shape index (κ1) is 14.0. The molecule has 2 aliphatic rings. The average molecular weight is 275 g/mol. The monoisotopic (exact) mass is 275 g/mol. The first-order valence-corrected chi connectivity index (χ1v) is 7.73.